The fraction of sp³-hybridized carbons (Fsp3) is 0.833. The predicted octanol–water partition coefficient (Wildman–Crippen LogP) is 0.933. The second kappa shape index (κ2) is 3.59. The predicted molar refractivity (Wildman–Crippen MR) is 35.8 cm³/mol. The zero-order chi connectivity index (χ0) is 8.27. The van der Waals surface area contributed by atoms with E-state index in [1.807, 2.05) is 0 Å². The fourth-order valence-electron chi connectivity index (χ4n) is 0.941. The summed E-state index contributed by atoms with van der Waals surface area (Å²) in [4.78, 5) is 5.01. The lowest BCUT2D eigenvalue weighted by Crippen LogP contribution is -2.28. The molecule has 0 fully saturated rings. The van der Waals surface area contributed by atoms with Crippen molar-refractivity contribution in [3.63, 3.8) is 0 Å². The summed E-state index contributed by atoms with van der Waals surface area (Å²) < 4.78 is 35.3. The molecule has 0 aliphatic carbocycles. The number of nitrogens with zero attached hydrogens (tertiary/aromatic N) is 2. The first-order chi connectivity index (χ1) is 5.22. The molecular formula is C6H9F3N2. The van der Waals surface area contributed by atoms with Crippen molar-refractivity contribution in [2.45, 2.75) is 12.5 Å². The highest BCUT2D eigenvalue weighted by atomic mass is 19.3. The number of halogens is 3. The van der Waals surface area contributed by atoms with Gasteiger partial charge in [0, 0.05) is 6.54 Å². The summed E-state index contributed by atoms with van der Waals surface area (Å²) in [5, 5.41) is 0. The molecule has 0 aromatic rings. The average Bonchev–Trinajstić information content (AvgIpc) is 2.34. The van der Waals surface area contributed by atoms with Crippen LogP contribution in [0.5, 0.6) is 0 Å². The first-order valence-corrected chi connectivity index (χ1v) is 3.34. The molecule has 1 heterocycles. The first-order valence-electron chi connectivity index (χ1n) is 3.34. The molecule has 0 aromatic carbocycles. The van der Waals surface area contributed by atoms with Gasteiger partial charge in [-0.25, -0.2) is 13.2 Å². The zero-order valence-electron chi connectivity index (χ0n) is 5.88. The van der Waals surface area contributed by atoms with Gasteiger partial charge >= 0.3 is 0 Å². The summed E-state index contributed by atoms with van der Waals surface area (Å²) in [6.45, 7) is -0.642. The molecule has 0 amide bonds. The molecule has 2 nitrogen and oxygen atoms in total. The summed E-state index contributed by atoms with van der Waals surface area (Å²) in [6.07, 6.45) is -1.09. The Balaban J connectivity index is 2.26. The lowest BCUT2D eigenvalue weighted by Gasteiger charge is -2.13. The highest BCUT2D eigenvalue weighted by Crippen LogP contribution is 2.06. The Bertz CT molecular complexity index is 149. The standard InChI is InChI=1S/C6H9F3N2/c7-1-5-2-11(4-10-5)3-6(8)9/h4-6H,1-3H2. The number of rotatable bonds is 3. The van der Waals surface area contributed by atoms with Crippen molar-refractivity contribution >= 4 is 6.34 Å². The van der Waals surface area contributed by atoms with Crippen molar-refractivity contribution in [1.82, 2.24) is 4.90 Å². The molecule has 1 aliphatic heterocycles. The Morgan fingerprint density at radius 3 is 2.82 bits per heavy atom. The lowest BCUT2D eigenvalue weighted by molar-refractivity contribution is 0.118. The SMILES string of the molecule is FCC1CN(CC(F)F)C=N1. The van der Waals surface area contributed by atoms with Crippen molar-refractivity contribution in [3.8, 4) is 0 Å². The van der Waals surface area contributed by atoms with Crippen molar-refractivity contribution < 1.29 is 13.2 Å². The van der Waals surface area contributed by atoms with Crippen LogP contribution in [0.4, 0.5) is 13.2 Å². The molecule has 1 rings (SSSR count). The van der Waals surface area contributed by atoms with Crippen LogP contribution in [0.1, 0.15) is 0 Å². The summed E-state index contributed by atoms with van der Waals surface area (Å²) in [6, 6.07) is -0.436. The van der Waals surface area contributed by atoms with Crippen molar-refractivity contribution in [3.05, 3.63) is 0 Å². The van der Waals surface area contributed by atoms with Crippen LogP contribution >= 0.6 is 0 Å². The Kier molecular flexibility index (Phi) is 2.73. The van der Waals surface area contributed by atoms with E-state index in [9.17, 15) is 13.2 Å². The molecule has 0 spiro atoms. The van der Waals surface area contributed by atoms with Crippen LogP contribution in [-0.4, -0.2) is 43.5 Å². The summed E-state index contributed by atoms with van der Waals surface area (Å²) in [5.41, 5.74) is 0. The van der Waals surface area contributed by atoms with Gasteiger partial charge in [-0.1, -0.05) is 0 Å². The summed E-state index contributed by atoms with van der Waals surface area (Å²) in [5.74, 6) is 0. The van der Waals surface area contributed by atoms with Crippen LogP contribution in [0, 0.1) is 0 Å². The first kappa shape index (κ1) is 8.36. The molecule has 0 saturated heterocycles. The Morgan fingerprint density at radius 1 is 1.64 bits per heavy atom. The van der Waals surface area contributed by atoms with E-state index in [0.29, 0.717) is 0 Å². The quantitative estimate of drug-likeness (QED) is 0.609. The Hall–Kier alpha value is -0.740. The molecule has 0 saturated carbocycles. The Labute approximate surface area is 62.7 Å². The third-order valence-corrected chi connectivity index (χ3v) is 1.44. The smallest absolute Gasteiger partial charge is 0.255 e. The van der Waals surface area contributed by atoms with Gasteiger partial charge in [0.1, 0.15) is 6.67 Å². The average molecular weight is 166 g/mol. The van der Waals surface area contributed by atoms with Crippen molar-refractivity contribution in [2.24, 2.45) is 4.99 Å². The van der Waals surface area contributed by atoms with Crippen LogP contribution in [0.25, 0.3) is 0 Å². The van der Waals surface area contributed by atoms with Crippen molar-refractivity contribution in [2.75, 3.05) is 19.8 Å². The highest BCUT2D eigenvalue weighted by molar-refractivity contribution is 5.57. The third-order valence-electron chi connectivity index (χ3n) is 1.44. The molecule has 0 N–H and O–H groups in total. The van der Waals surface area contributed by atoms with Crippen molar-refractivity contribution in [1.29, 1.82) is 0 Å². The number of hydrogen-bond acceptors (Lipinski definition) is 2. The van der Waals surface area contributed by atoms with E-state index < -0.39 is 19.1 Å². The maximum Gasteiger partial charge on any atom is 0.255 e. The summed E-state index contributed by atoms with van der Waals surface area (Å²) in [7, 11) is 0. The maximum absolute atomic E-state index is 11.9. The van der Waals surface area contributed by atoms with Crippen LogP contribution in [0.3, 0.4) is 0 Å². The van der Waals surface area contributed by atoms with Gasteiger partial charge in [-0.2, -0.15) is 0 Å². The van der Waals surface area contributed by atoms with E-state index in [4.69, 9.17) is 0 Å². The molecule has 0 bridgehead atoms. The van der Waals surface area contributed by atoms with Gasteiger partial charge in [0.05, 0.1) is 18.9 Å². The van der Waals surface area contributed by atoms with Crippen LogP contribution in [0.15, 0.2) is 4.99 Å². The molecule has 11 heavy (non-hydrogen) atoms. The van der Waals surface area contributed by atoms with Gasteiger partial charge in [0.25, 0.3) is 6.43 Å². The third kappa shape index (κ3) is 2.40. The van der Waals surface area contributed by atoms with E-state index in [-0.39, 0.29) is 13.1 Å². The molecule has 64 valence electrons. The topological polar surface area (TPSA) is 15.6 Å². The minimum Gasteiger partial charge on any atom is -0.355 e. The minimum absolute atomic E-state index is 0.279. The van der Waals surface area contributed by atoms with E-state index in [2.05, 4.69) is 4.99 Å². The van der Waals surface area contributed by atoms with Gasteiger partial charge in [-0.05, 0) is 0 Å². The molecule has 1 unspecified atom stereocenters. The monoisotopic (exact) mass is 166 g/mol. The highest BCUT2D eigenvalue weighted by Gasteiger charge is 2.19. The van der Waals surface area contributed by atoms with Gasteiger partial charge in [-0.3, -0.25) is 4.99 Å². The zero-order valence-corrected chi connectivity index (χ0v) is 5.88. The normalized spacial score (nSPS) is 23.6. The second-order valence-corrected chi connectivity index (χ2v) is 2.42. The largest absolute Gasteiger partial charge is 0.355 e. The van der Waals surface area contributed by atoms with E-state index in [0.717, 1.165) is 0 Å². The summed E-state index contributed by atoms with van der Waals surface area (Å²) >= 11 is 0. The van der Waals surface area contributed by atoms with Crippen LogP contribution in [0.2, 0.25) is 0 Å². The number of alkyl halides is 3. The van der Waals surface area contributed by atoms with E-state index in [1.54, 1.807) is 0 Å². The molecular weight excluding hydrogens is 157 g/mol. The van der Waals surface area contributed by atoms with Gasteiger partial charge in [0.2, 0.25) is 0 Å². The number of hydrogen-bond donors (Lipinski definition) is 0. The van der Waals surface area contributed by atoms with Crippen LogP contribution in [-0.2, 0) is 0 Å². The van der Waals surface area contributed by atoms with E-state index >= 15 is 0 Å². The Morgan fingerprint density at radius 2 is 2.36 bits per heavy atom. The fourth-order valence-corrected chi connectivity index (χ4v) is 0.941. The van der Waals surface area contributed by atoms with Gasteiger partial charge in [-0.15, -0.1) is 0 Å². The van der Waals surface area contributed by atoms with Gasteiger partial charge in [0.15, 0.2) is 0 Å². The molecule has 0 aromatic heterocycles. The van der Waals surface area contributed by atoms with Gasteiger partial charge < -0.3 is 4.90 Å². The number of aliphatic imine (C=N–C) groups is 1. The van der Waals surface area contributed by atoms with Crippen LogP contribution < -0.4 is 0 Å². The molecule has 1 atom stereocenters. The second-order valence-electron chi connectivity index (χ2n) is 2.42. The minimum atomic E-state index is -2.38. The molecule has 1 aliphatic rings. The van der Waals surface area contributed by atoms with E-state index in [1.165, 1.54) is 11.2 Å². The molecule has 5 heteroatoms. The lowest BCUT2D eigenvalue weighted by atomic mass is 10.3. The molecule has 0 radical (unpaired) electrons. The maximum atomic E-state index is 11.9.